The number of sulfone groups is 1. The van der Waals surface area contributed by atoms with E-state index in [4.69, 9.17) is 0 Å². The van der Waals surface area contributed by atoms with Crippen LogP contribution in [0.15, 0.2) is 84.0 Å². The van der Waals surface area contributed by atoms with E-state index in [0.29, 0.717) is 5.56 Å². The van der Waals surface area contributed by atoms with Crippen molar-refractivity contribution in [1.82, 2.24) is 10.3 Å². The van der Waals surface area contributed by atoms with Gasteiger partial charge in [0.1, 0.15) is 11.1 Å². The molecule has 5 nitrogen and oxygen atoms in total. The summed E-state index contributed by atoms with van der Waals surface area (Å²) >= 11 is 0. The molecular formula is C20H17FN2O3S. The van der Waals surface area contributed by atoms with E-state index in [2.05, 4.69) is 10.3 Å². The topological polar surface area (TPSA) is 76.1 Å². The van der Waals surface area contributed by atoms with Gasteiger partial charge in [-0.1, -0.05) is 24.3 Å². The first-order chi connectivity index (χ1) is 13.0. The van der Waals surface area contributed by atoms with Crippen LogP contribution in [0.4, 0.5) is 4.39 Å². The molecule has 0 unspecified atom stereocenters. The molecule has 7 heteroatoms. The summed E-state index contributed by atoms with van der Waals surface area (Å²) in [5, 5.41) is 1.62. The van der Waals surface area contributed by atoms with Gasteiger partial charge in [0.25, 0.3) is 5.91 Å². The van der Waals surface area contributed by atoms with E-state index in [9.17, 15) is 17.6 Å². The molecule has 27 heavy (non-hydrogen) atoms. The van der Waals surface area contributed by atoms with Gasteiger partial charge in [0.15, 0.2) is 9.84 Å². The maximum absolute atomic E-state index is 13.1. The maximum Gasteiger partial charge on any atom is 0.251 e. The van der Waals surface area contributed by atoms with Crippen molar-refractivity contribution in [2.45, 2.75) is 10.1 Å². The molecule has 0 saturated heterocycles. The highest BCUT2D eigenvalue weighted by Gasteiger charge is 2.29. The lowest BCUT2D eigenvalue weighted by atomic mass is 10.2. The summed E-state index contributed by atoms with van der Waals surface area (Å²) in [6.07, 6.45) is 3.02. The number of benzene rings is 2. The Morgan fingerprint density at radius 1 is 1.00 bits per heavy atom. The smallest absolute Gasteiger partial charge is 0.251 e. The molecule has 3 aromatic rings. The molecule has 2 aromatic carbocycles. The third-order valence-corrected chi connectivity index (χ3v) is 6.17. The number of carbonyl (C=O) groups excluding carboxylic acids is 1. The van der Waals surface area contributed by atoms with Gasteiger partial charge >= 0.3 is 0 Å². The normalized spacial score (nSPS) is 12.3. The SMILES string of the molecule is O=C(NC[C@H](c1cccnc1)S(=O)(=O)c1ccccc1)c1ccc(F)cc1. The molecule has 1 aromatic heterocycles. The summed E-state index contributed by atoms with van der Waals surface area (Å²) < 4.78 is 39.2. The van der Waals surface area contributed by atoms with Crippen LogP contribution in [0, 0.1) is 5.82 Å². The van der Waals surface area contributed by atoms with Gasteiger partial charge < -0.3 is 5.32 Å². The third-order valence-electron chi connectivity index (χ3n) is 4.06. The van der Waals surface area contributed by atoms with E-state index < -0.39 is 26.8 Å². The molecule has 1 atom stereocenters. The Morgan fingerprint density at radius 2 is 1.70 bits per heavy atom. The molecule has 0 radical (unpaired) electrons. The van der Waals surface area contributed by atoms with E-state index >= 15 is 0 Å². The maximum atomic E-state index is 13.1. The average Bonchev–Trinajstić information content (AvgIpc) is 2.70. The zero-order valence-corrected chi connectivity index (χ0v) is 15.1. The van der Waals surface area contributed by atoms with Crippen LogP contribution in [0.5, 0.6) is 0 Å². The van der Waals surface area contributed by atoms with Crippen molar-refractivity contribution in [3.8, 4) is 0 Å². The molecule has 138 valence electrons. The van der Waals surface area contributed by atoms with Crippen LogP contribution in [-0.2, 0) is 9.84 Å². The number of hydrogen-bond donors (Lipinski definition) is 1. The Labute approximate surface area is 156 Å². The highest BCUT2D eigenvalue weighted by Crippen LogP contribution is 2.28. The zero-order chi connectivity index (χ0) is 19.3. The third kappa shape index (κ3) is 4.38. The first-order valence-corrected chi connectivity index (χ1v) is 9.76. The number of nitrogens with one attached hydrogen (secondary N) is 1. The lowest BCUT2D eigenvalue weighted by molar-refractivity contribution is 0.0953. The van der Waals surface area contributed by atoms with Crippen LogP contribution in [0.3, 0.4) is 0 Å². The first kappa shape index (κ1) is 18.7. The van der Waals surface area contributed by atoms with E-state index in [1.165, 1.54) is 42.6 Å². The molecule has 0 aliphatic rings. The van der Waals surface area contributed by atoms with Gasteiger partial charge in [-0.3, -0.25) is 9.78 Å². The molecule has 0 aliphatic heterocycles. The van der Waals surface area contributed by atoms with Crippen molar-refractivity contribution in [2.75, 3.05) is 6.54 Å². The summed E-state index contributed by atoms with van der Waals surface area (Å²) in [7, 11) is -3.75. The van der Waals surface area contributed by atoms with Gasteiger partial charge in [-0.15, -0.1) is 0 Å². The Morgan fingerprint density at radius 3 is 2.33 bits per heavy atom. The largest absolute Gasteiger partial charge is 0.350 e. The van der Waals surface area contributed by atoms with Crippen molar-refractivity contribution in [3.63, 3.8) is 0 Å². The van der Waals surface area contributed by atoms with Gasteiger partial charge in [0, 0.05) is 24.5 Å². The fourth-order valence-corrected chi connectivity index (χ4v) is 4.30. The second-order valence-electron chi connectivity index (χ2n) is 5.85. The second-order valence-corrected chi connectivity index (χ2v) is 7.98. The minimum Gasteiger partial charge on any atom is -0.350 e. The van der Waals surface area contributed by atoms with E-state index in [1.54, 1.807) is 36.5 Å². The van der Waals surface area contributed by atoms with Crippen LogP contribution in [0.25, 0.3) is 0 Å². The quantitative estimate of drug-likeness (QED) is 0.708. The standard InChI is InChI=1S/C20H17FN2O3S/c21-17-10-8-15(9-11-17)20(24)23-14-19(16-5-4-12-22-13-16)27(25,26)18-6-2-1-3-7-18/h1-13,19H,14H2,(H,23,24)/t19-/m1/s1. The number of hydrogen-bond acceptors (Lipinski definition) is 4. The number of carbonyl (C=O) groups is 1. The molecule has 1 heterocycles. The van der Waals surface area contributed by atoms with Crippen molar-refractivity contribution < 1.29 is 17.6 Å². The molecule has 0 aliphatic carbocycles. The fourth-order valence-electron chi connectivity index (χ4n) is 2.64. The monoisotopic (exact) mass is 384 g/mol. The molecule has 3 rings (SSSR count). The first-order valence-electron chi connectivity index (χ1n) is 8.21. The number of nitrogens with zero attached hydrogens (tertiary/aromatic N) is 1. The number of pyridine rings is 1. The summed E-state index contributed by atoms with van der Waals surface area (Å²) in [6.45, 7) is -0.140. The van der Waals surface area contributed by atoms with Gasteiger partial charge in [-0.25, -0.2) is 12.8 Å². The Bertz CT molecular complexity index is 1010. The fraction of sp³-hybridized carbons (Fsp3) is 0.100. The predicted molar refractivity (Wildman–Crippen MR) is 99.3 cm³/mol. The summed E-state index contributed by atoms with van der Waals surface area (Å²) in [6, 6.07) is 16.4. The van der Waals surface area contributed by atoms with Crippen LogP contribution in [-0.4, -0.2) is 25.9 Å². The molecule has 0 saturated carbocycles. The van der Waals surface area contributed by atoms with Crippen molar-refractivity contribution in [1.29, 1.82) is 0 Å². The highest BCUT2D eigenvalue weighted by atomic mass is 32.2. The van der Waals surface area contributed by atoms with E-state index in [0.717, 1.165) is 0 Å². The Hall–Kier alpha value is -3.06. The lowest BCUT2D eigenvalue weighted by Crippen LogP contribution is -2.32. The van der Waals surface area contributed by atoms with E-state index in [1.807, 2.05) is 0 Å². The molecule has 1 N–H and O–H groups in total. The molecular weight excluding hydrogens is 367 g/mol. The minimum atomic E-state index is -3.75. The molecule has 0 fully saturated rings. The Balaban J connectivity index is 1.87. The molecule has 0 spiro atoms. The number of amides is 1. The van der Waals surface area contributed by atoms with Crippen LogP contribution in [0.1, 0.15) is 21.2 Å². The van der Waals surface area contributed by atoms with Crippen molar-refractivity contribution >= 4 is 15.7 Å². The van der Waals surface area contributed by atoms with Gasteiger partial charge in [0.2, 0.25) is 0 Å². The van der Waals surface area contributed by atoms with Gasteiger partial charge in [0.05, 0.1) is 4.90 Å². The Kier molecular flexibility index (Phi) is 5.61. The van der Waals surface area contributed by atoms with Crippen LogP contribution < -0.4 is 5.32 Å². The lowest BCUT2D eigenvalue weighted by Gasteiger charge is -2.18. The molecule has 1 amide bonds. The van der Waals surface area contributed by atoms with Gasteiger partial charge in [-0.2, -0.15) is 0 Å². The van der Waals surface area contributed by atoms with Crippen molar-refractivity contribution in [3.05, 3.63) is 96.1 Å². The van der Waals surface area contributed by atoms with Crippen LogP contribution in [0.2, 0.25) is 0 Å². The zero-order valence-electron chi connectivity index (χ0n) is 14.2. The highest BCUT2D eigenvalue weighted by molar-refractivity contribution is 7.91. The molecule has 0 bridgehead atoms. The average molecular weight is 384 g/mol. The van der Waals surface area contributed by atoms with Gasteiger partial charge in [-0.05, 0) is 48.0 Å². The predicted octanol–water partition coefficient (Wildman–Crippen LogP) is 3.17. The number of aromatic nitrogens is 1. The minimum absolute atomic E-state index is 0.140. The number of halogens is 1. The van der Waals surface area contributed by atoms with E-state index in [-0.39, 0.29) is 17.0 Å². The summed E-state index contributed by atoms with van der Waals surface area (Å²) in [4.78, 5) is 16.5. The summed E-state index contributed by atoms with van der Waals surface area (Å²) in [5.74, 6) is -0.932. The number of rotatable bonds is 6. The van der Waals surface area contributed by atoms with Crippen molar-refractivity contribution in [2.24, 2.45) is 0 Å². The second kappa shape index (κ2) is 8.09. The summed E-state index contributed by atoms with van der Waals surface area (Å²) in [5.41, 5.74) is 0.721. The van der Waals surface area contributed by atoms with Crippen LogP contribution >= 0.6 is 0 Å².